The molecule has 1 saturated heterocycles. The summed E-state index contributed by atoms with van der Waals surface area (Å²) in [6.07, 6.45) is 2.55. The monoisotopic (exact) mass is 468 g/mol. The van der Waals surface area contributed by atoms with Crippen LogP contribution in [-0.4, -0.2) is 56.0 Å². The summed E-state index contributed by atoms with van der Waals surface area (Å²) >= 11 is 0. The van der Waals surface area contributed by atoms with Crippen molar-refractivity contribution in [3.8, 4) is 5.75 Å². The average Bonchev–Trinajstić information content (AvgIpc) is 3.06. The highest BCUT2D eigenvalue weighted by atomic mass is 16.5. The van der Waals surface area contributed by atoms with Gasteiger partial charge in [0, 0.05) is 67.9 Å². The number of nitrogens with zero attached hydrogens (tertiary/aromatic N) is 4. The maximum Gasteiger partial charge on any atom is 0.228 e. The van der Waals surface area contributed by atoms with Gasteiger partial charge in [0.1, 0.15) is 5.69 Å². The topological polar surface area (TPSA) is 48.4 Å². The molecule has 6 rings (SSSR count). The van der Waals surface area contributed by atoms with Crippen LogP contribution in [0.15, 0.2) is 59.6 Å². The van der Waals surface area contributed by atoms with E-state index >= 15 is 0 Å². The molecular formula is C29H32N4O2. The Kier molecular flexibility index (Phi) is 4.85. The van der Waals surface area contributed by atoms with Crippen molar-refractivity contribution >= 4 is 40.0 Å². The predicted molar refractivity (Wildman–Crippen MR) is 142 cm³/mol. The molecule has 0 aromatic heterocycles. The zero-order valence-corrected chi connectivity index (χ0v) is 20.9. The zero-order valence-electron chi connectivity index (χ0n) is 20.9. The van der Waals surface area contributed by atoms with E-state index < -0.39 is 5.72 Å². The largest absolute Gasteiger partial charge is 0.459 e. The quantitative estimate of drug-likeness (QED) is 0.524. The van der Waals surface area contributed by atoms with E-state index in [9.17, 15) is 4.79 Å². The normalized spacial score (nSPS) is 22.3. The van der Waals surface area contributed by atoms with E-state index in [0.29, 0.717) is 6.42 Å². The molecule has 3 aromatic rings. The number of carbonyl (C=O) groups is 1. The van der Waals surface area contributed by atoms with Crippen molar-refractivity contribution in [2.24, 2.45) is 4.99 Å². The number of carbonyl (C=O) groups excluding carboxylic acids is 1. The van der Waals surface area contributed by atoms with Gasteiger partial charge in [-0.2, -0.15) is 0 Å². The van der Waals surface area contributed by atoms with Crippen molar-refractivity contribution in [1.29, 1.82) is 0 Å². The molecule has 3 aliphatic heterocycles. The fourth-order valence-electron chi connectivity index (χ4n) is 6.08. The van der Waals surface area contributed by atoms with Gasteiger partial charge in [0.05, 0.1) is 11.6 Å². The number of ether oxygens (including phenoxy) is 1. The highest BCUT2D eigenvalue weighted by Crippen LogP contribution is 2.55. The first kappa shape index (κ1) is 22.0. The highest BCUT2D eigenvalue weighted by molar-refractivity contribution is 6.06. The van der Waals surface area contributed by atoms with Crippen LogP contribution in [0.2, 0.25) is 0 Å². The van der Waals surface area contributed by atoms with Gasteiger partial charge in [-0.15, -0.1) is 0 Å². The average molecular weight is 469 g/mol. The fourth-order valence-corrected chi connectivity index (χ4v) is 6.08. The van der Waals surface area contributed by atoms with Crippen LogP contribution in [0.1, 0.15) is 32.8 Å². The first-order valence-corrected chi connectivity index (χ1v) is 12.5. The van der Waals surface area contributed by atoms with Gasteiger partial charge in [-0.25, -0.2) is 0 Å². The molecule has 0 N–H and O–H groups in total. The number of aliphatic imine (C=N–C) groups is 1. The number of likely N-dealkylation sites (N-methyl/N-ethyl adjacent to an activating group) is 1. The Bertz CT molecular complexity index is 1360. The van der Waals surface area contributed by atoms with Crippen LogP contribution in [-0.2, 0) is 10.2 Å². The van der Waals surface area contributed by atoms with Gasteiger partial charge in [-0.3, -0.25) is 9.79 Å². The van der Waals surface area contributed by atoms with Crippen molar-refractivity contribution < 1.29 is 9.53 Å². The Morgan fingerprint density at radius 2 is 1.66 bits per heavy atom. The first-order valence-electron chi connectivity index (χ1n) is 12.5. The van der Waals surface area contributed by atoms with E-state index in [0.717, 1.165) is 48.7 Å². The summed E-state index contributed by atoms with van der Waals surface area (Å²) < 4.78 is 6.99. The Hall–Kier alpha value is -3.54. The molecule has 35 heavy (non-hydrogen) atoms. The third-order valence-electron chi connectivity index (χ3n) is 8.20. The lowest BCUT2D eigenvalue weighted by molar-refractivity contribution is -0.131. The number of para-hydroxylation sites is 1. The summed E-state index contributed by atoms with van der Waals surface area (Å²) in [5.74, 6) is 1.03. The lowest BCUT2D eigenvalue weighted by Crippen LogP contribution is -2.61. The predicted octanol–water partition coefficient (Wildman–Crippen LogP) is 5.12. The molecule has 1 amide bonds. The van der Waals surface area contributed by atoms with Gasteiger partial charge in [-0.05, 0) is 25.5 Å². The number of hydrogen-bond acceptors (Lipinski definition) is 5. The van der Waals surface area contributed by atoms with E-state index in [4.69, 9.17) is 9.73 Å². The summed E-state index contributed by atoms with van der Waals surface area (Å²) in [6.45, 7) is 9.49. The zero-order chi connectivity index (χ0) is 24.4. The summed E-state index contributed by atoms with van der Waals surface area (Å²) in [4.78, 5) is 23.8. The Balaban J connectivity index is 1.43. The fraction of sp³-hybridized carbons (Fsp3) is 0.379. The number of fused-ring (bicyclic) bond motifs is 4. The number of anilines is 2. The lowest BCUT2D eigenvalue weighted by Gasteiger charge is -2.45. The number of benzene rings is 3. The van der Waals surface area contributed by atoms with Crippen LogP contribution in [0, 0.1) is 0 Å². The van der Waals surface area contributed by atoms with Gasteiger partial charge in [0.2, 0.25) is 11.6 Å². The van der Waals surface area contributed by atoms with Crippen molar-refractivity contribution in [2.45, 2.75) is 38.3 Å². The van der Waals surface area contributed by atoms with E-state index in [1.165, 1.54) is 16.6 Å². The van der Waals surface area contributed by atoms with Gasteiger partial charge in [-0.1, -0.05) is 49.4 Å². The van der Waals surface area contributed by atoms with E-state index in [1.807, 2.05) is 18.0 Å². The molecule has 6 heteroatoms. The Morgan fingerprint density at radius 3 is 2.37 bits per heavy atom. The van der Waals surface area contributed by atoms with Crippen molar-refractivity contribution in [1.82, 2.24) is 4.90 Å². The number of hydrogen-bond donors (Lipinski definition) is 0. The maximum atomic E-state index is 12.2. The molecule has 3 aromatic carbocycles. The maximum absolute atomic E-state index is 12.2. The molecular weight excluding hydrogens is 436 g/mol. The number of piperazine rings is 1. The Labute approximate surface area is 206 Å². The Morgan fingerprint density at radius 1 is 0.971 bits per heavy atom. The van der Waals surface area contributed by atoms with Crippen LogP contribution in [0.25, 0.3) is 10.8 Å². The summed E-state index contributed by atoms with van der Waals surface area (Å²) in [5, 5.41) is 2.26. The standard InChI is InChI=1S/C29H32N4O2/c1-5-26(34)33-16-14-32(15-17-33)24-18-25-27(21-11-7-6-10-20(21)24)30-19-29(35-25)28(2,3)22-12-8-9-13-23(22)31(29)4/h6-13,18-19H,5,14-17H2,1-4H3. The van der Waals surface area contributed by atoms with Crippen LogP contribution < -0.4 is 14.5 Å². The molecule has 3 heterocycles. The minimum Gasteiger partial charge on any atom is -0.459 e. The van der Waals surface area contributed by atoms with Crippen LogP contribution in [0.4, 0.5) is 17.1 Å². The smallest absolute Gasteiger partial charge is 0.228 e. The summed E-state index contributed by atoms with van der Waals surface area (Å²) in [5.41, 5.74) is 3.45. The molecule has 0 aliphatic carbocycles. The van der Waals surface area contributed by atoms with E-state index in [2.05, 4.69) is 85.3 Å². The second-order valence-electron chi connectivity index (χ2n) is 10.3. The molecule has 0 bridgehead atoms. The van der Waals surface area contributed by atoms with Gasteiger partial charge in [0.15, 0.2) is 5.75 Å². The van der Waals surface area contributed by atoms with Crippen molar-refractivity contribution in [3.63, 3.8) is 0 Å². The number of rotatable bonds is 2. The van der Waals surface area contributed by atoms with Crippen LogP contribution in [0.3, 0.4) is 0 Å². The van der Waals surface area contributed by atoms with E-state index in [-0.39, 0.29) is 11.3 Å². The van der Waals surface area contributed by atoms with Crippen molar-refractivity contribution in [2.75, 3.05) is 43.0 Å². The highest BCUT2D eigenvalue weighted by Gasteiger charge is 2.58. The lowest BCUT2D eigenvalue weighted by atomic mass is 9.77. The van der Waals surface area contributed by atoms with Crippen LogP contribution in [0.5, 0.6) is 5.75 Å². The third-order valence-corrected chi connectivity index (χ3v) is 8.20. The van der Waals surface area contributed by atoms with Crippen molar-refractivity contribution in [3.05, 3.63) is 60.2 Å². The van der Waals surface area contributed by atoms with E-state index in [1.54, 1.807) is 0 Å². The van der Waals surface area contributed by atoms with Gasteiger partial charge in [0.25, 0.3) is 0 Å². The SMILES string of the molecule is CCC(=O)N1CCN(c2cc3c(c4ccccc24)N=CC2(O3)N(C)c3ccccc3C2(C)C)CC1. The minimum atomic E-state index is -0.713. The molecule has 1 unspecified atom stereocenters. The van der Waals surface area contributed by atoms with Crippen LogP contribution >= 0.6 is 0 Å². The molecule has 6 nitrogen and oxygen atoms in total. The first-order chi connectivity index (χ1) is 16.9. The summed E-state index contributed by atoms with van der Waals surface area (Å²) in [7, 11) is 2.09. The third kappa shape index (κ3) is 3.01. The molecule has 0 saturated carbocycles. The molecule has 1 fully saturated rings. The van der Waals surface area contributed by atoms with Gasteiger partial charge < -0.3 is 19.4 Å². The minimum absolute atomic E-state index is 0.227. The summed E-state index contributed by atoms with van der Waals surface area (Å²) in [6, 6.07) is 19.1. The second kappa shape index (κ2) is 7.74. The molecule has 3 aliphatic rings. The molecule has 0 radical (unpaired) electrons. The molecule has 180 valence electrons. The number of amides is 1. The second-order valence-corrected chi connectivity index (χ2v) is 10.3. The van der Waals surface area contributed by atoms with Gasteiger partial charge >= 0.3 is 0 Å². The molecule has 1 atom stereocenters. The molecule has 1 spiro atoms.